The molecule has 1 fully saturated rings. The fraction of sp³-hybridized carbons (Fsp3) is 0.400. The molecule has 20 heavy (non-hydrogen) atoms. The molecule has 0 amide bonds. The lowest BCUT2D eigenvalue weighted by molar-refractivity contribution is 0.0398. The molecular weight excluding hydrogens is 274 g/mol. The van der Waals surface area contributed by atoms with Gasteiger partial charge in [-0.25, -0.2) is 0 Å². The van der Waals surface area contributed by atoms with E-state index in [2.05, 4.69) is 15.2 Å². The van der Waals surface area contributed by atoms with Crippen LogP contribution in [0.25, 0.3) is 10.9 Å². The molecular formula is C15H18ClN3O. The second-order valence-corrected chi connectivity index (χ2v) is 5.32. The molecule has 0 spiro atoms. The Labute approximate surface area is 123 Å². The van der Waals surface area contributed by atoms with E-state index in [4.69, 9.17) is 16.3 Å². The number of morpholine rings is 1. The summed E-state index contributed by atoms with van der Waals surface area (Å²) in [7, 11) is 0. The van der Waals surface area contributed by atoms with E-state index >= 15 is 0 Å². The minimum absolute atomic E-state index is 0.743. The van der Waals surface area contributed by atoms with Crippen LogP contribution in [0.5, 0.6) is 0 Å². The largest absolute Gasteiger partial charge is 0.382 e. The van der Waals surface area contributed by atoms with E-state index in [1.165, 1.54) is 0 Å². The lowest BCUT2D eigenvalue weighted by Gasteiger charge is -2.26. The van der Waals surface area contributed by atoms with E-state index in [1.807, 2.05) is 24.3 Å². The van der Waals surface area contributed by atoms with Crippen molar-refractivity contribution in [1.29, 1.82) is 0 Å². The van der Waals surface area contributed by atoms with Gasteiger partial charge in [-0.1, -0.05) is 17.7 Å². The normalized spacial score (nSPS) is 16.4. The Balaban J connectivity index is 1.63. The number of rotatable bonds is 4. The second kappa shape index (κ2) is 6.39. The summed E-state index contributed by atoms with van der Waals surface area (Å²) in [6, 6.07) is 7.91. The summed E-state index contributed by atoms with van der Waals surface area (Å²) in [5.74, 6) is 0. The monoisotopic (exact) mass is 291 g/mol. The van der Waals surface area contributed by atoms with Gasteiger partial charge in [0.25, 0.3) is 0 Å². The molecule has 0 bridgehead atoms. The molecule has 1 aromatic heterocycles. The first kappa shape index (κ1) is 13.6. The maximum Gasteiger partial charge on any atom is 0.0723 e. The number of aromatic nitrogens is 1. The molecule has 0 radical (unpaired) electrons. The fourth-order valence-corrected chi connectivity index (χ4v) is 2.64. The van der Waals surface area contributed by atoms with Crippen LogP contribution in [0.1, 0.15) is 0 Å². The summed E-state index contributed by atoms with van der Waals surface area (Å²) < 4.78 is 5.34. The van der Waals surface area contributed by atoms with Crippen LogP contribution >= 0.6 is 11.6 Å². The highest BCUT2D eigenvalue weighted by atomic mass is 35.5. The topological polar surface area (TPSA) is 37.4 Å². The van der Waals surface area contributed by atoms with Gasteiger partial charge in [-0.2, -0.15) is 0 Å². The minimum Gasteiger partial charge on any atom is -0.382 e. The van der Waals surface area contributed by atoms with Crippen LogP contribution in [-0.4, -0.2) is 49.3 Å². The Morgan fingerprint density at radius 1 is 1.30 bits per heavy atom. The van der Waals surface area contributed by atoms with Crippen molar-refractivity contribution in [1.82, 2.24) is 9.88 Å². The molecule has 106 valence electrons. The maximum absolute atomic E-state index is 6.30. The van der Waals surface area contributed by atoms with Gasteiger partial charge in [-0.3, -0.25) is 9.88 Å². The number of benzene rings is 1. The summed E-state index contributed by atoms with van der Waals surface area (Å²) in [5.41, 5.74) is 1.91. The quantitative estimate of drug-likeness (QED) is 0.940. The second-order valence-electron chi connectivity index (χ2n) is 4.91. The minimum atomic E-state index is 0.743. The van der Waals surface area contributed by atoms with Gasteiger partial charge in [0, 0.05) is 37.8 Å². The molecule has 1 saturated heterocycles. The Morgan fingerprint density at radius 2 is 2.15 bits per heavy atom. The highest BCUT2D eigenvalue weighted by molar-refractivity contribution is 6.34. The Kier molecular flexibility index (Phi) is 4.35. The number of pyridine rings is 1. The number of hydrogen-bond donors (Lipinski definition) is 1. The third kappa shape index (κ3) is 3.20. The van der Waals surface area contributed by atoms with Crippen LogP contribution in [0.15, 0.2) is 30.5 Å². The number of hydrogen-bond acceptors (Lipinski definition) is 4. The van der Waals surface area contributed by atoms with Crippen molar-refractivity contribution < 1.29 is 4.74 Å². The van der Waals surface area contributed by atoms with Crippen LogP contribution in [0.2, 0.25) is 5.02 Å². The van der Waals surface area contributed by atoms with E-state index in [-0.39, 0.29) is 0 Å². The summed E-state index contributed by atoms with van der Waals surface area (Å²) in [6.45, 7) is 5.56. The average molecular weight is 292 g/mol. The van der Waals surface area contributed by atoms with Crippen molar-refractivity contribution in [2.75, 3.05) is 44.7 Å². The lowest BCUT2D eigenvalue weighted by Crippen LogP contribution is -2.39. The molecule has 0 aliphatic carbocycles. The number of ether oxygens (including phenoxy) is 1. The first-order valence-electron chi connectivity index (χ1n) is 6.91. The van der Waals surface area contributed by atoms with E-state index in [9.17, 15) is 0 Å². The maximum atomic E-state index is 6.30. The van der Waals surface area contributed by atoms with E-state index in [0.29, 0.717) is 0 Å². The van der Waals surface area contributed by atoms with Crippen molar-refractivity contribution >= 4 is 28.2 Å². The molecule has 0 saturated carbocycles. The number of fused-ring (bicyclic) bond motifs is 1. The summed E-state index contributed by atoms with van der Waals surface area (Å²) in [6.07, 6.45) is 1.80. The molecule has 1 N–H and O–H groups in total. The highest BCUT2D eigenvalue weighted by Crippen LogP contribution is 2.26. The summed E-state index contributed by atoms with van der Waals surface area (Å²) >= 11 is 6.30. The van der Waals surface area contributed by atoms with Gasteiger partial charge in [-0.15, -0.1) is 0 Å². The molecule has 3 rings (SSSR count). The average Bonchev–Trinajstić information content (AvgIpc) is 2.49. The smallest absolute Gasteiger partial charge is 0.0723 e. The highest BCUT2D eigenvalue weighted by Gasteiger charge is 2.10. The molecule has 0 atom stereocenters. The van der Waals surface area contributed by atoms with Crippen molar-refractivity contribution in [3.8, 4) is 0 Å². The standard InChI is InChI=1S/C15H18ClN3O/c16-13-10-12-2-1-3-17-14(12)11-15(13)18-4-5-19-6-8-20-9-7-19/h1-3,10-11,18H,4-9H2. The van der Waals surface area contributed by atoms with E-state index in [1.54, 1.807) is 6.20 Å². The zero-order chi connectivity index (χ0) is 13.8. The van der Waals surface area contributed by atoms with Crippen LogP contribution in [-0.2, 0) is 4.74 Å². The number of nitrogens with zero attached hydrogens (tertiary/aromatic N) is 2. The van der Waals surface area contributed by atoms with E-state index < -0.39 is 0 Å². The molecule has 5 heteroatoms. The van der Waals surface area contributed by atoms with Crippen LogP contribution in [0.3, 0.4) is 0 Å². The van der Waals surface area contributed by atoms with E-state index in [0.717, 1.165) is 61.0 Å². The molecule has 2 aromatic rings. The van der Waals surface area contributed by atoms with Crippen molar-refractivity contribution in [3.63, 3.8) is 0 Å². The van der Waals surface area contributed by atoms with Crippen molar-refractivity contribution in [2.45, 2.75) is 0 Å². The number of nitrogens with one attached hydrogen (secondary N) is 1. The first-order chi connectivity index (χ1) is 9.83. The van der Waals surface area contributed by atoms with Gasteiger partial charge in [-0.05, 0) is 18.2 Å². The van der Waals surface area contributed by atoms with Gasteiger partial charge in [0.15, 0.2) is 0 Å². The third-order valence-electron chi connectivity index (χ3n) is 3.54. The summed E-state index contributed by atoms with van der Waals surface area (Å²) in [5, 5.41) is 5.21. The van der Waals surface area contributed by atoms with Gasteiger partial charge in [0.2, 0.25) is 0 Å². The van der Waals surface area contributed by atoms with Crippen LogP contribution in [0, 0.1) is 0 Å². The zero-order valence-electron chi connectivity index (χ0n) is 11.3. The first-order valence-corrected chi connectivity index (χ1v) is 7.29. The molecule has 1 aliphatic heterocycles. The fourth-order valence-electron chi connectivity index (χ4n) is 2.40. The van der Waals surface area contributed by atoms with Gasteiger partial charge >= 0.3 is 0 Å². The van der Waals surface area contributed by atoms with Crippen molar-refractivity contribution in [3.05, 3.63) is 35.5 Å². The Hall–Kier alpha value is -1.36. The Bertz CT molecular complexity index is 584. The summed E-state index contributed by atoms with van der Waals surface area (Å²) in [4.78, 5) is 6.75. The molecule has 2 heterocycles. The van der Waals surface area contributed by atoms with Crippen LogP contribution in [0.4, 0.5) is 5.69 Å². The number of halogens is 1. The lowest BCUT2D eigenvalue weighted by atomic mass is 10.2. The third-order valence-corrected chi connectivity index (χ3v) is 3.85. The predicted octanol–water partition coefficient (Wildman–Crippen LogP) is 2.63. The zero-order valence-corrected chi connectivity index (χ0v) is 12.1. The molecule has 1 aliphatic rings. The van der Waals surface area contributed by atoms with Crippen LogP contribution < -0.4 is 5.32 Å². The SMILES string of the molecule is Clc1cc2cccnc2cc1NCCN1CCOCC1. The molecule has 0 unspecified atom stereocenters. The molecule has 1 aromatic carbocycles. The van der Waals surface area contributed by atoms with Gasteiger partial charge < -0.3 is 10.1 Å². The van der Waals surface area contributed by atoms with Crippen molar-refractivity contribution in [2.24, 2.45) is 0 Å². The van der Waals surface area contributed by atoms with Gasteiger partial charge in [0.1, 0.15) is 0 Å². The van der Waals surface area contributed by atoms with Gasteiger partial charge in [0.05, 0.1) is 29.4 Å². The predicted molar refractivity (Wildman–Crippen MR) is 82.5 cm³/mol. The molecule has 4 nitrogen and oxygen atoms in total. The Morgan fingerprint density at radius 3 is 3.00 bits per heavy atom. The number of anilines is 1.